The van der Waals surface area contributed by atoms with Gasteiger partial charge < -0.3 is 5.11 Å². The lowest BCUT2D eigenvalue weighted by atomic mass is 9.73. The van der Waals surface area contributed by atoms with Crippen LogP contribution in [0.3, 0.4) is 0 Å². The molecule has 2 aliphatic heterocycles. The van der Waals surface area contributed by atoms with Crippen LogP contribution in [-0.4, -0.2) is 28.1 Å². The standard InChI is InChI=1S/C16H21NO2/c1-11(12-5-3-2-4-6-12)17-14-9-7-13(8-10-14)15(17)16(18)19/h2-6,11,13-15H,7-10H2,1H3,(H,18,19)/t11-,13?,14?,15+/m1/s1. The first kappa shape index (κ1) is 12.7. The molecule has 2 atom stereocenters. The normalized spacial score (nSPS) is 32.2. The van der Waals surface area contributed by atoms with Gasteiger partial charge in [-0.2, -0.15) is 0 Å². The first-order chi connectivity index (χ1) is 9.18. The Kier molecular flexibility index (Phi) is 3.31. The van der Waals surface area contributed by atoms with E-state index in [2.05, 4.69) is 24.0 Å². The molecule has 1 aromatic carbocycles. The second kappa shape index (κ2) is 4.97. The van der Waals surface area contributed by atoms with Gasteiger partial charge in [0.05, 0.1) is 0 Å². The van der Waals surface area contributed by atoms with E-state index in [9.17, 15) is 9.90 Å². The number of aliphatic carboxylic acids is 1. The van der Waals surface area contributed by atoms with Crippen molar-refractivity contribution in [2.75, 3.05) is 0 Å². The molecular weight excluding hydrogens is 238 g/mol. The molecule has 0 aromatic heterocycles. The summed E-state index contributed by atoms with van der Waals surface area (Å²) >= 11 is 0. The van der Waals surface area contributed by atoms with Crippen LogP contribution in [-0.2, 0) is 4.79 Å². The Morgan fingerprint density at radius 1 is 1.21 bits per heavy atom. The molecule has 1 aromatic rings. The SMILES string of the molecule is C[C@H](c1ccccc1)N1C2CCC(CC2)[C@H]1C(=O)O. The van der Waals surface area contributed by atoms with E-state index >= 15 is 0 Å². The highest BCUT2D eigenvalue weighted by molar-refractivity contribution is 5.74. The molecule has 0 radical (unpaired) electrons. The molecule has 0 amide bonds. The van der Waals surface area contributed by atoms with Gasteiger partial charge in [0.1, 0.15) is 6.04 Å². The Hall–Kier alpha value is -1.35. The number of carbonyl (C=O) groups is 1. The molecule has 1 N–H and O–H groups in total. The van der Waals surface area contributed by atoms with E-state index < -0.39 is 5.97 Å². The molecular formula is C16H21NO2. The number of carboxylic acid groups (broad SMARTS) is 1. The van der Waals surface area contributed by atoms with Crippen LogP contribution in [0.2, 0.25) is 0 Å². The maximum absolute atomic E-state index is 11.6. The van der Waals surface area contributed by atoms with Gasteiger partial charge in [-0.15, -0.1) is 0 Å². The van der Waals surface area contributed by atoms with Gasteiger partial charge in [0.25, 0.3) is 0 Å². The maximum atomic E-state index is 11.6. The van der Waals surface area contributed by atoms with E-state index in [-0.39, 0.29) is 12.1 Å². The fourth-order valence-corrected chi connectivity index (χ4v) is 3.98. The summed E-state index contributed by atoms with van der Waals surface area (Å²) in [5.74, 6) is -0.300. The van der Waals surface area contributed by atoms with E-state index in [1.165, 1.54) is 5.56 Å². The zero-order chi connectivity index (χ0) is 13.4. The average Bonchev–Trinajstić information content (AvgIpc) is 2.47. The first-order valence-electron chi connectivity index (χ1n) is 7.23. The van der Waals surface area contributed by atoms with Crippen molar-refractivity contribution in [1.29, 1.82) is 0 Å². The molecule has 3 nitrogen and oxygen atoms in total. The third-order valence-electron chi connectivity index (χ3n) is 4.91. The summed E-state index contributed by atoms with van der Waals surface area (Å²) in [5.41, 5.74) is 1.22. The van der Waals surface area contributed by atoms with Crippen molar-refractivity contribution < 1.29 is 9.90 Å². The topological polar surface area (TPSA) is 40.5 Å². The molecule has 0 spiro atoms. The summed E-state index contributed by atoms with van der Waals surface area (Å²) in [6.07, 6.45) is 4.48. The Bertz CT molecular complexity index is 451. The summed E-state index contributed by atoms with van der Waals surface area (Å²) in [6.45, 7) is 2.14. The van der Waals surface area contributed by atoms with E-state index in [0.29, 0.717) is 12.0 Å². The highest BCUT2D eigenvalue weighted by Crippen LogP contribution is 2.43. The van der Waals surface area contributed by atoms with Gasteiger partial charge in [-0.25, -0.2) is 0 Å². The lowest BCUT2D eigenvalue weighted by Gasteiger charge is -2.52. The molecule has 102 valence electrons. The lowest BCUT2D eigenvalue weighted by Crippen LogP contribution is -2.58. The molecule has 0 unspecified atom stereocenters. The first-order valence-corrected chi connectivity index (χ1v) is 7.23. The van der Waals surface area contributed by atoms with E-state index in [1.807, 2.05) is 18.2 Å². The fourth-order valence-electron chi connectivity index (χ4n) is 3.98. The molecule has 4 rings (SSSR count). The van der Waals surface area contributed by atoms with Crippen LogP contribution < -0.4 is 0 Å². The quantitative estimate of drug-likeness (QED) is 0.907. The molecule has 3 heteroatoms. The highest BCUT2D eigenvalue weighted by Gasteiger charge is 2.47. The van der Waals surface area contributed by atoms with E-state index in [0.717, 1.165) is 25.7 Å². The van der Waals surface area contributed by atoms with Crippen LogP contribution in [0.25, 0.3) is 0 Å². The molecule has 2 saturated heterocycles. The molecule has 3 fully saturated rings. The van der Waals surface area contributed by atoms with Crippen molar-refractivity contribution in [3.8, 4) is 0 Å². The van der Waals surface area contributed by atoms with Gasteiger partial charge in [-0.1, -0.05) is 30.3 Å². The number of rotatable bonds is 3. The number of benzene rings is 1. The van der Waals surface area contributed by atoms with Gasteiger partial charge >= 0.3 is 5.97 Å². The summed E-state index contributed by atoms with van der Waals surface area (Å²) in [6, 6.07) is 10.6. The minimum atomic E-state index is -0.641. The predicted molar refractivity (Wildman–Crippen MR) is 73.9 cm³/mol. The van der Waals surface area contributed by atoms with Crippen molar-refractivity contribution in [2.24, 2.45) is 5.92 Å². The third kappa shape index (κ3) is 2.16. The van der Waals surface area contributed by atoms with Crippen molar-refractivity contribution in [1.82, 2.24) is 4.90 Å². The molecule has 19 heavy (non-hydrogen) atoms. The van der Waals surface area contributed by atoms with Gasteiger partial charge in [0, 0.05) is 12.1 Å². The zero-order valence-electron chi connectivity index (χ0n) is 11.3. The highest BCUT2D eigenvalue weighted by atomic mass is 16.4. The van der Waals surface area contributed by atoms with Crippen LogP contribution in [0, 0.1) is 5.92 Å². The maximum Gasteiger partial charge on any atom is 0.321 e. The Balaban J connectivity index is 1.91. The number of nitrogens with zero attached hydrogens (tertiary/aromatic N) is 1. The summed E-state index contributed by atoms with van der Waals surface area (Å²) in [4.78, 5) is 13.9. The van der Waals surface area contributed by atoms with Crippen molar-refractivity contribution in [2.45, 2.75) is 50.7 Å². The summed E-state index contributed by atoms with van der Waals surface area (Å²) in [5, 5.41) is 9.58. The predicted octanol–water partition coefficient (Wildman–Crippen LogP) is 3.08. The van der Waals surface area contributed by atoms with Gasteiger partial charge in [0.15, 0.2) is 0 Å². The number of hydrogen-bond acceptors (Lipinski definition) is 2. The third-order valence-corrected chi connectivity index (χ3v) is 4.91. The van der Waals surface area contributed by atoms with E-state index in [1.54, 1.807) is 0 Å². The van der Waals surface area contributed by atoms with E-state index in [4.69, 9.17) is 0 Å². The number of hydrogen-bond donors (Lipinski definition) is 1. The van der Waals surface area contributed by atoms with Crippen LogP contribution in [0.5, 0.6) is 0 Å². The zero-order valence-corrected chi connectivity index (χ0v) is 11.3. The molecule has 1 saturated carbocycles. The monoisotopic (exact) mass is 259 g/mol. The van der Waals surface area contributed by atoms with Crippen LogP contribution in [0.1, 0.15) is 44.2 Å². The average molecular weight is 259 g/mol. The number of piperidine rings is 2. The number of fused-ring (bicyclic) bond motifs is 3. The van der Waals surface area contributed by atoms with Crippen LogP contribution >= 0.6 is 0 Å². The summed E-state index contributed by atoms with van der Waals surface area (Å²) < 4.78 is 0. The Morgan fingerprint density at radius 3 is 2.42 bits per heavy atom. The van der Waals surface area contributed by atoms with Gasteiger partial charge in [-0.3, -0.25) is 9.69 Å². The van der Waals surface area contributed by atoms with Gasteiger partial charge in [-0.05, 0) is 44.1 Å². The summed E-state index contributed by atoms with van der Waals surface area (Å²) in [7, 11) is 0. The lowest BCUT2D eigenvalue weighted by molar-refractivity contribution is -0.155. The minimum absolute atomic E-state index is 0.190. The Labute approximate surface area is 114 Å². The van der Waals surface area contributed by atoms with Crippen molar-refractivity contribution in [3.63, 3.8) is 0 Å². The second-order valence-corrected chi connectivity index (χ2v) is 5.89. The largest absolute Gasteiger partial charge is 0.480 e. The molecule has 2 heterocycles. The number of carboxylic acids is 1. The van der Waals surface area contributed by atoms with Gasteiger partial charge in [0.2, 0.25) is 0 Å². The van der Waals surface area contributed by atoms with Crippen LogP contribution in [0.15, 0.2) is 30.3 Å². The molecule has 1 aliphatic carbocycles. The molecule has 2 bridgehead atoms. The van der Waals surface area contributed by atoms with Crippen molar-refractivity contribution >= 4 is 5.97 Å². The molecule has 3 aliphatic rings. The van der Waals surface area contributed by atoms with Crippen molar-refractivity contribution in [3.05, 3.63) is 35.9 Å². The second-order valence-electron chi connectivity index (χ2n) is 5.89. The minimum Gasteiger partial charge on any atom is -0.480 e. The smallest absolute Gasteiger partial charge is 0.321 e. The van der Waals surface area contributed by atoms with Crippen LogP contribution in [0.4, 0.5) is 0 Å². The Morgan fingerprint density at radius 2 is 1.84 bits per heavy atom. The fraction of sp³-hybridized carbons (Fsp3) is 0.562.